The first-order chi connectivity index (χ1) is 14.8. The van der Waals surface area contributed by atoms with E-state index in [4.69, 9.17) is 9.47 Å². The lowest BCUT2D eigenvalue weighted by atomic mass is 10.2. The summed E-state index contributed by atoms with van der Waals surface area (Å²) in [6, 6.07) is 17.6. The van der Waals surface area contributed by atoms with Crippen molar-refractivity contribution in [2.75, 3.05) is 36.6 Å². The summed E-state index contributed by atoms with van der Waals surface area (Å²) in [5, 5.41) is 4.14. The minimum absolute atomic E-state index is 0.233. The van der Waals surface area contributed by atoms with Gasteiger partial charge in [-0.25, -0.2) is 14.8 Å². The van der Waals surface area contributed by atoms with Crippen molar-refractivity contribution in [3.05, 3.63) is 77.7 Å². The predicted octanol–water partition coefficient (Wildman–Crippen LogP) is 3.48. The second-order valence-corrected chi connectivity index (χ2v) is 6.68. The molecule has 3 aromatic rings. The number of benzene rings is 2. The van der Waals surface area contributed by atoms with Crippen LogP contribution in [-0.2, 0) is 11.3 Å². The van der Waals surface area contributed by atoms with Crippen LogP contribution in [0, 0.1) is 5.82 Å². The molecule has 0 amide bonds. The Kier molecular flexibility index (Phi) is 6.46. The predicted molar refractivity (Wildman–Crippen MR) is 113 cm³/mol. The van der Waals surface area contributed by atoms with Crippen molar-refractivity contribution in [2.24, 2.45) is 5.10 Å². The van der Waals surface area contributed by atoms with Crippen LogP contribution in [0.2, 0.25) is 0 Å². The molecular formula is C22H22FN5O2. The molecule has 1 aliphatic rings. The van der Waals surface area contributed by atoms with Crippen molar-refractivity contribution in [3.8, 4) is 5.75 Å². The van der Waals surface area contributed by atoms with Crippen LogP contribution >= 0.6 is 0 Å². The van der Waals surface area contributed by atoms with E-state index in [1.54, 1.807) is 6.21 Å². The molecule has 0 atom stereocenters. The van der Waals surface area contributed by atoms with E-state index in [0.717, 1.165) is 23.1 Å². The van der Waals surface area contributed by atoms with Gasteiger partial charge in [0.15, 0.2) is 11.6 Å². The van der Waals surface area contributed by atoms with Gasteiger partial charge in [-0.3, -0.25) is 0 Å². The van der Waals surface area contributed by atoms with Crippen LogP contribution in [0.1, 0.15) is 11.1 Å². The molecule has 1 fully saturated rings. The summed E-state index contributed by atoms with van der Waals surface area (Å²) in [7, 11) is 0. The first-order valence-electron chi connectivity index (χ1n) is 9.69. The van der Waals surface area contributed by atoms with E-state index in [1.165, 1.54) is 0 Å². The topological polar surface area (TPSA) is 71.9 Å². The third kappa shape index (κ3) is 5.30. The molecule has 1 aromatic heterocycles. The molecule has 2 heterocycles. The molecule has 1 aliphatic heterocycles. The summed E-state index contributed by atoms with van der Waals surface area (Å²) in [6.07, 6.45) is 2.79. The van der Waals surface area contributed by atoms with Crippen molar-refractivity contribution in [2.45, 2.75) is 6.61 Å². The van der Waals surface area contributed by atoms with Crippen molar-refractivity contribution < 1.29 is 13.9 Å². The van der Waals surface area contributed by atoms with Gasteiger partial charge in [0.2, 0.25) is 5.95 Å². The van der Waals surface area contributed by atoms with Crippen LogP contribution in [-0.4, -0.2) is 42.5 Å². The Morgan fingerprint density at radius 3 is 2.63 bits per heavy atom. The second kappa shape index (κ2) is 9.80. The lowest BCUT2D eigenvalue weighted by Gasteiger charge is -2.27. The van der Waals surface area contributed by atoms with Gasteiger partial charge in [0.25, 0.3) is 0 Å². The van der Waals surface area contributed by atoms with Crippen LogP contribution in [0.15, 0.2) is 65.9 Å². The van der Waals surface area contributed by atoms with Gasteiger partial charge in [0.05, 0.1) is 25.6 Å². The minimum atomic E-state index is -0.461. The molecule has 0 unspecified atom stereocenters. The standard InChI is InChI=1S/C22H22FN5O2/c23-20-15-24-22(26-21(20)28-10-12-29-13-11-28)27-25-14-17-6-8-19(9-7-17)30-16-18-4-2-1-3-5-18/h1-9,14-15H,10-13,16H2,(H,24,26,27)/b25-14+. The van der Waals surface area contributed by atoms with E-state index >= 15 is 0 Å². The third-order valence-electron chi connectivity index (χ3n) is 4.54. The van der Waals surface area contributed by atoms with Gasteiger partial charge in [-0.05, 0) is 35.4 Å². The first kappa shape index (κ1) is 19.8. The number of nitrogens with zero attached hydrogens (tertiary/aromatic N) is 4. The maximum Gasteiger partial charge on any atom is 0.245 e. The smallest absolute Gasteiger partial charge is 0.245 e. The Labute approximate surface area is 174 Å². The fourth-order valence-electron chi connectivity index (χ4n) is 2.96. The maximum atomic E-state index is 14.1. The largest absolute Gasteiger partial charge is 0.489 e. The van der Waals surface area contributed by atoms with Gasteiger partial charge in [0, 0.05) is 13.1 Å². The van der Waals surface area contributed by atoms with Crippen molar-refractivity contribution in [3.63, 3.8) is 0 Å². The van der Waals surface area contributed by atoms with Gasteiger partial charge in [-0.2, -0.15) is 10.1 Å². The molecule has 2 aromatic carbocycles. The van der Waals surface area contributed by atoms with E-state index in [9.17, 15) is 4.39 Å². The van der Waals surface area contributed by atoms with Crippen LogP contribution in [0.5, 0.6) is 5.75 Å². The van der Waals surface area contributed by atoms with Gasteiger partial charge in [0.1, 0.15) is 12.4 Å². The lowest BCUT2D eigenvalue weighted by molar-refractivity contribution is 0.122. The Morgan fingerprint density at radius 2 is 1.87 bits per heavy atom. The van der Waals surface area contributed by atoms with Crippen molar-refractivity contribution in [1.29, 1.82) is 0 Å². The number of aromatic nitrogens is 2. The monoisotopic (exact) mass is 407 g/mol. The number of morpholine rings is 1. The molecule has 4 rings (SSSR count). The average Bonchev–Trinajstić information content (AvgIpc) is 2.81. The Bertz CT molecular complexity index is 977. The Morgan fingerprint density at radius 1 is 1.10 bits per heavy atom. The molecule has 0 aliphatic carbocycles. The summed E-state index contributed by atoms with van der Waals surface area (Å²) < 4.78 is 25.1. The number of hydrazone groups is 1. The zero-order valence-electron chi connectivity index (χ0n) is 16.4. The van der Waals surface area contributed by atoms with Crippen LogP contribution < -0.4 is 15.1 Å². The number of rotatable bonds is 7. The van der Waals surface area contributed by atoms with E-state index in [2.05, 4.69) is 20.5 Å². The molecular weight excluding hydrogens is 385 g/mol. The number of hydrogen-bond donors (Lipinski definition) is 1. The number of hydrogen-bond acceptors (Lipinski definition) is 7. The van der Waals surface area contributed by atoms with E-state index in [-0.39, 0.29) is 11.8 Å². The van der Waals surface area contributed by atoms with Crippen molar-refractivity contribution in [1.82, 2.24) is 9.97 Å². The number of halogens is 1. The van der Waals surface area contributed by atoms with E-state index in [0.29, 0.717) is 32.9 Å². The van der Waals surface area contributed by atoms with Gasteiger partial charge < -0.3 is 14.4 Å². The second-order valence-electron chi connectivity index (χ2n) is 6.68. The summed E-state index contributed by atoms with van der Waals surface area (Å²) >= 11 is 0. The fraction of sp³-hybridized carbons (Fsp3) is 0.227. The van der Waals surface area contributed by atoms with Crippen LogP contribution in [0.25, 0.3) is 0 Å². The first-order valence-corrected chi connectivity index (χ1v) is 9.69. The Balaban J connectivity index is 1.33. The van der Waals surface area contributed by atoms with Gasteiger partial charge >= 0.3 is 0 Å². The summed E-state index contributed by atoms with van der Waals surface area (Å²) in [4.78, 5) is 10.0. The highest BCUT2D eigenvalue weighted by atomic mass is 19.1. The fourth-order valence-corrected chi connectivity index (χ4v) is 2.96. The maximum absolute atomic E-state index is 14.1. The highest BCUT2D eigenvalue weighted by molar-refractivity contribution is 5.80. The molecule has 154 valence electrons. The summed E-state index contributed by atoms with van der Waals surface area (Å²) in [5.41, 5.74) is 4.75. The molecule has 0 spiro atoms. The number of nitrogens with one attached hydrogen (secondary N) is 1. The molecule has 0 bridgehead atoms. The normalized spacial score (nSPS) is 14.1. The zero-order chi connectivity index (χ0) is 20.6. The van der Waals surface area contributed by atoms with Crippen LogP contribution in [0.3, 0.4) is 0 Å². The molecule has 30 heavy (non-hydrogen) atoms. The molecule has 7 nitrogen and oxygen atoms in total. The lowest BCUT2D eigenvalue weighted by Crippen LogP contribution is -2.37. The molecule has 1 N–H and O–H groups in total. The Hall–Kier alpha value is -3.52. The van der Waals surface area contributed by atoms with E-state index in [1.807, 2.05) is 59.5 Å². The third-order valence-corrected chi connectivity index (χ3v) is 4.54. The SMILES string of the molecule is Fc1cnc(N/N=C/c2ccc(OCc3ccccc3)cc2)nc1N1CCOCC1. The van der Waals surface area contributed by atoms with Gasteiger partial charge in [-0.1, -0.05) is 30.3 Å². The van der Waals surface area contributed by atoms with Crippen molar-refractivity contribution >= 4 is 18.0 Å². The van der Waals surface area contributed by atoms with Crippen LogP contribution in [0.4, 0.5) is 16.2 Å². The molecule has 8 heteroatoms. The minimum Gasteiger partial charge on any atom is -0.489 e. The number of ether oxygens (including phenoxy) is 2. The quantitative estimate of drug-likeness (QED) is 0.478. The molecule has 0 radical (unpaired) electrons. The molecule has 1 saturated heterocycles. The summed E-state index contributed by atoms with van der Waals surface area (Å²) in [6.45, 7) is 2.80. The summed E-state index contributed by atoms with van der Waals surface area (Å²) in [5.74, 6) is 0.807. The average molecular weight is 407 g/mol. The van der Waals surface area contributed by atoms with Gasteiger partial charge in [-0.15, -0.1) is 0 Å². The van der Waals surface area contributed by atoms with E-state index < -0.39 is 5.82 Å². The highest BCUT2D eigenvalue weighted by Crippen LogP contribution is 2.18. The highest BCUT2D eigenvalue weighted by Gasteiger charge is 2.17. The molecule has 0 saturated carbocycles. The zero-order valence-corrected chi connectivity index (χ0v) is 16.4. The number of anilines is 2.